The first-order valence-electron chi connectivity index (χ1n) is 4.12. The molecular formula is C8H11BrN2O. The Morgan fingerprint density at radius 3 is 3.08 bits per heavy atom. The summed E-state index contributed by atoms with van der Waals surface area (Å²) in [5.74, 6) is 0. The molecule has 0 spiro atoms. The molecule has 0 saturated carbocycles. The summed E-state index contributed by atoms with van der Waals surface area (Å²) in [7, 11) is 1.66. The quantitative estimate of drug-likeness (QED) is 0.739. The molecule has 2 rings (SSSR count). The van der Waals surface area contributed by atoms with Crippen LogP contribution < -0.4 is 4.74 Å². The molecule has 66 valence electrons. The van der Waals surface area contributed by atoms with Gasteiger partial charge in [0.05, 0.1) is 12.8 Å². The van der Waals surface area contributed by atoms with Gasteiger partial charge in [0.1, 0.15) is 4.60 Å². The van der Waals surface area contributed by atoms with E-state index in [1.54, 1.807) is 7.11 Å². The number of halogens is 1. The summed E-state index contributed by atoms with van der Waals surface area (Å²) in [6.07, 6.45) is 3.59. The SMILES string of the molecule is COc1nc(Br)c2n1CCCC2. The van der Waals surface area contributed by atoms with Crippen molar-refractivity contribution in [1.29, 1.82) is 0 Å². The fraction of sp³-hybridized carbons (Fsp3) is 0.625. The molecule has 12 heavy (non-hydrogen) atoms. The molecule has 1 aromatic heterocycles. The van der Waals surface area contributed by atoms with E-state index in [1.807, 2.05) is 0 Å². The predicted octanol–water partition coefficient (Wildman–Crippen LogP) is 1.99. The second-order valence-corrected chi connectivity index (χ2v) is 3.70. The largest absolute Gasteiger partial charge is 0.468 e. The molecule has 0 fully saturated rings. The van der Waals surface area contributed by atoms with Crippen LogP contribution in [0.4, 0.5) is 0 Å². The zero-order valence-electron chi connectivity index (χ0n) is 7.01. The molecule has 0 amide bonds. The highest BCUT2D eigenvalue weighted by Crippen LogP contribution is 2.27. The van der Waals surface area contributed by atoms with Crippen LogP contribution in [0.25, 0.3) is 0 Å². The van der Waals surface area contributed by atoms with Crippen molar-refractivity contribution in [2.24, 2.45) is 0 Å². The number of imidazole rings is 1. The van der Waals surface area contributed by atoms with Gasteiger partial charge in [0, 0.05) is 6.54 Å². The lowest BCUT2D eigenvalue weighted by molar-refractivity contribution is 0.344. The van der Waals surface area contributed by atoms with Crippen molar-refractivity contribution < 1.29 is 4.74 Å². The minimum atomic E-state index is 0.733. The molecular weight excluding hydrogens is 220 g/mol. The standard InChI is InChI=1S/C8H11BrN2O/c1-12-8-10-7(9)6-4-2-3-5-11(6)8/h2-5H2,1H3. The summed E-state index contributed by atoms with van der Waals surface area (Å²) in [6.45, 7) is 1.04. The highest BCUT2D eigenvalue weighted by atomic mass is 79.9. The first-order valence-corrected chi connectivity index (χ1v) is 4.91. The van der Waals surface area contributed by atoms with E-state index in [9.17, 15) is 0 Å². The number of ether oxygens (including phenoxy) is 1. The summed E-state index contributed by atoms with van der Waals surface area (Å²) in [5, 5.41) is 0. The van der Waals surface area contributed by atoms with Crippen LogP contribution in [0.2, 0.25) is 0 Å². The van der Waals surface area contributed by atoms with Crippen molar-refractivity contribution in [3.8, 4) is 6.01 Å². The van der Waals surface area contributed by atoms with Gasteiger partial charge in [0.2, 0.25) is 0 Å². The second kappa shape index (κ2) is 3.09. The Morgan fingerprint density at radius 1 is 1.50 bits per heavy atom. The van der Waals surface area contributed by atoms with E-state index in [1.165, 1.54) is 18.5 Å². The van der Waals surface area contributed by atoms with Gasteiger partial charge < -0.3 is 4.74 Å². The molecule has 0 radical (unpaired) electrons. The van der Waals surface area contributed by atoms with Gasteiger partial charge in [0.25, 0.3) is 6.01 Å². The third-order valence-electron chi connectivity index (χ3n) is 2.22. The lowest BCUT2D eigenvalue weighted by Gasteiger charge is -2.15. The molecule has 0 aliphatic carbocycles. The minimum absolute atomic E-state index is 0.733. The van der Waals surface area contributed by atoms with E-state index in [2.05, 4.69) is 25.5 Å². The van der Waals surface area contributed by atoms with E-state index in [4.69, 9.17) is 4.74 Å². The third kappa shape index (κ3) is 1.14. The van der Waals surface area contributed by atoms with Gasteiger partial charge in [-0.3, -0.25) is 4.57 Å². The lowest BCUT2D eigenvalue weighted by atomic mass is 10.1. The Kier molecular flexibility index (Phi) is 2.09. The van der Waals surface area contributed by atoms with E-state index < -0.39 is 0 Å². The van der Waals surface area contributed by atoms with Gasteiger partial charge in [-0.1, -0.05) is 0 Å². The lowest BCUT2D eigenvalue weighted by Crippen LogP contribution is -2.10. The van der Waals surface area contributed by atoms with Crippen LogP contribution in [0.5, 0.6) is 6.01 Å². The maximum absolute atomic E-state index is 5.16. The highest BCUT2D eigenvalue weighted by molar-refractivity contribution is 9.10. The fourth-order valence-corrected chi connectivity index (χ4v) is 2.19. The highest BCUT2D eigenvalue weighted by Gasteiger charge is 2.18. The minimum Gasteiger partial charge on any atom is -0.468 e. The van der Waals surface area contributed by atoms with Crippen molar-refractivity contribution in [2.45, 2.75) is 25.8 Å². The Morgan fingerprint density at radius 2 is 2.33 bits per heavy atom. The first kappa shape index (κ1) is 8.10. The summed E-state index contributed by atoms with van der Waals surface area (Å²) >= 11 is 3.43. The first-order chi connectivity index (χ1) is 5.83. The molecule has 0 unspecified atom stereocenters. The molecule has 4 heteroatoms. The van der Waals surface area contributed by atoms with Crippen LogP contribution in [-0.2, 0) is 13.0 Å². The monoisotopic (exact) mass is 230 g/mol. The molecule has 2 heterocycles. The van der Waals surface area contributed by atoms with Crippen LogP contribution >= 0.6 is 15.9 Å². The smallest absolute Gasteiger partial charge is 0.297 e. The van der Waals surface area contributed by atoms with Crippen LogP contribution in [0.1, 0.15) is 18.5 Å². The normalized spacial score (nSPS) is 15.8. The topological polar surface area (TPSA) is 27.1 Å². The number of aromatic nitrogens is 2. The van der Waals surface area contributed by atoms with Gasteiger partial charge in [0.15, 0.2) is 0 Å². The Bertz CT molecular complexity index is 295. The Labute approximate surface area is 79.9 Å². The maximum Gasteiger partial charge on any atom is 0.297 e. The van der Waals surface area contributed by atoms with Gasteiger partial charge >= 0.3 is 0 Å². The number of methoxy groups -OCH3 is 1. The molecule has 0 saturated heterocycles. The van der Waals surface area contributed by atoms with E-state index in [0.717, 1.165) is 23.6 Å². The van der Waals surface area contributed by atoms with Gasteiger partial charge in [-0.2, -0.15) is 4.98 Å². The Balaban J connectivity index is 2.47. The molecule has 3 nitrogen and oxygen atoms in total. The number of hydrogen-bond acceptors (Lipinski definition) is 2. The molecule has 0 aromatic carbocycles. The molecule has 0 N–H and O–H groups in total. The summed E-state index contributed by atoms with van der Waals surface area (Å²) < 4.78 is 8.25. The van der Waals surface area contributed by atoms with Crippen LogP contribution in [0, 0.1) is 0 Å². The third-order valence-corrected chi connectivity index (χ3v) is 2.85. The van der Waals surface area contributed by atoms with E-state index in [-0.39, 0.29) is 0 Å². The number of rotatable bonds is 1. The average Bonchev–Trinajstić information content (AvgIpc) is 2.44. The summed E-state index contributed by atoms with van der Waals surface area (Å²) in [5.41, 5.74) is 1.28. The van der Waals surface area contributed by atoms with Crippen LogP contribution in [-0.4, -0.2) is 16.7 Å². The average molecular weight is 231 g/mol. The molecule has 1 aliphatic heterocycles. The summed E-state index contributed by atoms with van der Waals surface area (Å²) in [6, 6.07) is 0.733. The Hall–Kier alpha value is -0.510. The number of hydrogen-bond donors (Lipinski definition) is 0. The van der Waals surface area contributed by atoms with E-state index in [0.29, 0.717) is 0 Å². The molecule has 1 aliphatic rings. The zero-order chi connectivity index (χ0) is 8.55. The second-order valence-electron chi connectivity index (χ2n) is 2.94. The maximum atomic E-state index is 5.16. The van der Waals surface area contributed by atoms with Gasteiger partial charge in [-0.25, -0.2) is 0 Å². The van der Waals surface area contributed by atoms with Crippen LogP contribution in [0.3, 0.4) is 0 Å². The van der Waals surface area contributed by atoms with Gasteiger partial charge in [-0.05, 0) is 35.2 Å². The fourth-order valence-electron chi connectivity index (χ4n) is 1.62. The number of nitrogens with zero attached hydrogens (tertiary/aromatic N) is 2. The predicted molar refractivity (Wildman–Crippen MR) is 49.4 cm³/mol. The van der Waals surface area contributed by atoms with Crippen molar-refractivity contribution in [2.75, 3.05) is 7.11 Å². The van der Waals surface area contributed by atoms with Gasteiger partial charge in [-0.15, -0.1) is 0 Å². The van der Waals surface area contributed by atoms with E-state index >= 15 is 0 Å². The van der Waals surface area contributed by atoms with Crippen molar-refractivity contribution >= 4 is 15.9 Å². The summed E-state index contributed by atoms with van der Waals surface area (Å²) in [4.78, 5) is 4.27. The molecule has 0 bridgehead atoms. The van der Waals surface area contributed by atoms with Crippen molar-refractivity contribution in [3.05, 3.63) is 10.3 Å². The van der Waals surface area contributed by atoms with Crippen LogP contribution in [0.15, 0.2) is 4.60 Å². The van der Waals surface area contributed by atoms with Crippen molar-refractivity contribution in [3.63, 3.8) is 0 Å². The molecule has 1 aromatic rings. The van der Waals surface area contributed by atoms with Crippen molar-refractivity contribution in [1.82, 2.24) is 9.55 Å². The number of fused-ring (bicyclic) bond motifs is 1. The zero-order valence-corrected chi connectivity index (χ0v) is 8.60. The molecule has 0 atom stereocenters.